The number of hydrogen-bond acceptors (Lipinski definition) is 6. The van der Waals surface area contributed by atoms with Gasteiger partial charge in [0.15, 0.2) is 0 Å². The molecule has 0 spiro atoms. The molecule has 1 saturated heterocycles. The molecule has 2 heterocycles. The maximum absolute atomic E-state index is 12.5. The van der Waals surface area contributed by atoms with Crippen LogP contribution < -0.4 is 10.6 Å². The van der Waals surface area contributed by atoms with Crippen LogP contribution >= 0.6 is 11.3 Å². The summed E-state index contributed by atoms with van der Waals surface area (Å²) in [6.45, 7) is 2.01. The number of para-hydroxylation sites is 1. The first kappa shape index (κ1) is 21.9. The van der Waals surface area contributed by atoms with Crippen LogP contribution in [0.5, 0.6) is 0 Å². The second-order valence-electron chi connectivity index (χ2n) is 7.43. The van der Waals surface area contributed by atoms with Crippen LogP contribution in [0.2, 0.25) is 0 Å². The number of ether oxygens (including phenoxy) is 1. The number of aromatic nitrogens is 1. The molecule has 2 aromatic carbocycles. The predicted octanol–water partition coefficient (Wildman–Crippen LogP) is 3.56. The summed E-state index contributed by atoms with van der Waals surface area (Å²) < 4.78 is 5.80. The van der Waals surface area contributed by atoms with Gasteiger partial charge in [0.05, 0.1) is 30.4 Å². The fourth-order valence-electron chi connectivity index (χ4n) is 3.63. The minimum Gasteiger partial charge on any atom is -0.394 e. The van der Waals surface area contributed by atoms with Crippen LogP contribution in [0, 0.1) is 6.92 Å². The molecular weight excluding hydrogens is 428 g/mol. The van der Waals surface area contributed by atoms with Gasteiger partial charge in [-0.2, -0.15) is 0 Å². The Bertz CT molecular complexity index is 1070. The number of anilines is 2. The monoisotopic (exact) mass is 452 g/mol. The summed E-state index contributed by atoms with van der Waals surface area (Å²) in [7, 11) is 0. The van der Waals surface area contributed by atoms with E-state index in [-0.39, 0.29) is 25.2 Å². The Morgan fingerprint density at radius 1 is 1.16 bits per heavy atom. The summed E-state index contributed by atoms with van der Waals surface area (Å²) in [5.74, 6) is -0.163. The third kappa shape index (κ3) is 4.96. The van der Waals surface area contributed by atoms with Crippen molar-refractivity contribution >= 4 is 34.6 Å². The summed E-state index contributed by atoms with van der Waals surface area (Å²) >= 11 is 1.49. The number of carbonyl (C=O) groups excluding carboxylic acids is 2. The van der Waals surface area contributed by atoms with Gasteiger partial charge in [0, 0.05) is 16.3 Å². The van der Waals surface area contributed by atoms with Gasteiger partial charge in [-0.15, -0.1) is 11.3 Å². The van der Waals surface area contributed by atoms with Crippen molar-refractivity contribution < 1.29 is 19.4 Å². The first-order valence-electron chi connectivity index (χ1n) is 10.2. The highest BCUT2D eigenvalue weighted by molar-refractivity contribution is 7.09. The fraction of sp³-hybridized carbons (Fsp3) is 0.261. The molecule has 9 heteroatoms. The quantitative estimate of drug-likeness (QED) is 0.531. The zero-order valence-electron chi connectivity index (χ0n) is 17.5. The highest BCUT2D eigenvalue weighted by Gasteiger charge is 2.37. The number of nitrogens with zero attached hydrogens (tertiary/aromatic N) is 2. The van der Waals surface area contributed by atoms with Gasteiger partial charge in [0.2, 0.25) is 5.91 Å². The van der Waals surface area contributed by atoms with Crippen molar-refractivity contribution in [1.29, 1.82) is 0 Å². The number of aryl methyl sites for hydroxylation is 1. The number of benzene rings is 2. The Hall–Kier alpha value is -3.27. The Labute approximate surface area is 189 Å². The zero-order valence-corrected chi connectivity index (χ0v) is 18.3. The average Bonchev–Trinajstić information content (AvgIpc) is 3.20. The van der Waals surface area contributed by atoms with Crippen molar-refractivity contribution in [2.45, 2.75) is 25.6 Å². The SMILES string of the molecule is Cc1ncsc1CN1C(=O)COC(c2ccc(NC(=O)Nc3ccccc3)cc2)C1CO. The fourth-order valence-corrected chi connectivity index (χ4v) is 4.40. The lowest BCUT2D eigenvalue weighted by Gasteiger charge is -2.40. The number of rotatable bonds is 6. The van der Waals surface area contributed by atoms with Crippen LogP contribution in [0.15, 0.2) is 60.1 Å². The van der Waals surface area contributed by atoms with Gasteiger partial charge in [-0.25, -0.2) is 9.78 Å². The summed E-state index contributed by atoms with van der Waals surface area (Å²) in [5.41, 5.74) is 4.76. The third-order valence-electron chi connectivity index (χ3n) is 5.33. The van der Waals surface area contributed by atoms with Crippen molar-refractivity contribution in [2.24, 2.45) is 0 Å². The van der Waals surface area contributed by atoms with Crippen molar-refractivity contribution in [2.75, 3.05) is 23.8 Å². The number of amides is 3. The number of nitrogens with one attached hydrogen (secondary N) is 2. The number of urea groups is 1. The zero-order chi connectivity index (χ0) is 22.5. The van der Waals surface area contributed by atoms with Crippen LogP contribution in [-0.4, -0.2) is 46.2 Å². The molecule has 1 aliphatic rings. The number of thiazole rings is 1. The largest absolute Gasteiger partial charge is 0.394 e. The number of aliphatic hydroxyl groups is 1. The number of carbonyl (C=O) groups is 2. The van der Waals surface area contributed by atoms with Gasteiger partial charge in [-0.3, -0.25) is 4.79 Å². The van der Waals surface area contributed by atoms with E-state index in [0.717, 1.165) is 16.1 Å². The van der Waals surface area contributed by atoms with E-state index in [2.05, 4.69) is 15.6 Å². The summed E-state index contributed by atoms with van der Waals surface area (Å²) in [4.78, 5) is 31.6. The smallest absolute Gasteiger partial charge is 0.323 e. The molecule has 4 rings (SSSR count). The van der Waals surface area contributed by atoms with Crippen molar-refractivity contribution in [1.82, 2.24) is 9.88 Å². The second-order valence-corrected chi connectivity index (χ2v) is 8.37. The van der Waals surface area contributed by atoms with Crippen LogP contribution in [0.3, 0.4) is 0 Å². The molecule has 3 aromatic rings. The van der Waals surface area contributed by atoms with Gasteiger partial charge in [0.1, 0.15) is 12.7 Å². The van der Waals surface area contributed by atoms with Gasteiger partial charge >= 0.3 is 6.03 Å². The molecule has 32 heavy (non-hydrogen) atoms. The lowest BCUT2D eigenvalue weighted by molar-refractivity contribution is -0.161. The first-order valence-corrected chi connectivity index (χ1v) is 11.1. The minimum absolute atomic E-state index is 0.0570. The number of aliphatic hydroxyl groups excluding tert-OH is 1. The van der Waals surface area contributed by atoms with Crippen molar-refractivity contribution in [3.63, 3.8) is 0 Å². The first-order chi connectivity index (χ1) is 15.5. The van der Waals surface area contributed by atoms with E-state index >= 15 is 0 Å². The van der Waals surface area contributed by atoms with E-state index in [1.807, 2.05) is 37.3 Å². The molecule has 8 nitrogen and oxygen atoms in total. The molecule has 0 bridgehead atoms. The summed E-state index contributed by atoms with van der Waals surface area (Å²) in [6, 6.07) is 15.5. The molecule has 2 unspecified atom stereocenters. The Kier molecular flexibility index (Phi) is 6.79. The molecule has 2 atom stereocenters. The maximum Gasteiger partial charge on any atom is 0.323 e. The third-order valence-corrected chi connectivity index (χ3v) is 6.25. The normalized spacial score (nSPS) is 18.4. The van der Waals surface area contributed by atoms with Gasteiger partial charge in [0.25, 0.3) is 0 Å². The van der Waals surface area contributed by atoms with E-state index in [4.69, 9.17) is 4.74 Å². The predicted molar refractivity (Wildman–Crippen MR) is 122 cm³/mol. The molecule has 0 aliphatic carbocycles. The highest BCUT2D eigenvalue weighted by Crippen LogP contribution is 2.31. The van der Waals surface area contributed by atoms with Crippen molar-refractivity contribution in [3.05, 3.63) is 76.2 Å². The molecule has 0 saturated carbocycles. The van der Waals surface area contributed by atoms with E-state index in [9.17, 15) is 14.7 Å². The second kappa shape index (κ2) is 9.90. The average molecular weight is 453 g/mol. The summed E-state index contributed by atoms with van der Waals surface area (Å²) in [5, 5.41) is 15.6. The minimum atomic E-state index is -0.516. The van der Waals surface area contributed by atoms with Crippen LogP contribution in [0.25, 0.3) is 0 Å². The molecule has 1 aromatic heterocycles. The molecule has 3 amide bonds. The lowest BCUT2D eigenvalue weighted by Crippen LogP contribution is -2.52. The molecule has 0 radical (unpaired) electrons. The number of hydrogen-bond donors (Lipinski definition) is 3. The lowest BCUT2D eigenvalue weighted by atomic mass is 9.99. The van der Waals surface area contributed by atoms with Crippen LogP contribution in [0.1, 0.15) is 22.2 Å². The highest BCUT2D eigenvalue weighted by atomic mass is 32.1. The topological polar surface area (TPSA) is 104 Å². The summed E-state index contributed by atoms with van der Waals surface area (Å²) in [6.07, 6.45) is -0.474. The standard InChI is InChI=1S/C23H24N4O4S/c1-15-20(32-14-24-15)11-27-19(12-28)22(31-13-21(27)29)16-7-9-18(10-8-16)26-23(30)25-17-5-3-2-4-6-17/h2-10,14,19,22,28H,11-13H2,1H3,(H2,25,26,30). The molecule has 1 aliphatic heterocycles. The van der Waals surface area contributed by atoms with E-state index < -0.39 is 12.1 Å². The van der Waals surface area contributed by atoms with Gasteiger partial charge in [-0.1, -0.05) is 30.3 Å². The van der Waals surface area contributed by atoms with E-state index in [1.54, 1.807) is 34.7 Å². The molecule has 3 N–H and O–H groups in total. The van der Waals surface area contributed by atoms with Crippen LogP contribution in [0.4, 0.5) is 16.2 Å². The molecular formula is C23H24N4O4S. The van der Waals surface area contributed by atoms with E-state index in [0.29, 0.717) is 17.9 Å². The van der Waals surface area contributed by atoms with Crippen molar-refractivity contribution in [3.8, 4) is 0 Å². The van der Waals surface area contributed by atoms with Gasteiger partial charge in [-0.05, 0) is 36.8 Å². The van der Waals surface area contributed by atoms with E-state index in [1.165, 1.54) is 11.3 Å². The Morgan fingerprint density at radius 2 is 1.84 bits per heavy atom. The molecule has 166 valence electrons. The Morgan fingerprint density at radius 3 is 2.47 bits per heavy atom. The Balaban J connectivity index is 1.44. The number of morpholine rings is 1. The molecule has 1 fully saturated rings. The maximum atomic E-state index is 12.5. The van der Waals surface area contributed by atoms with Gasteiger partial charge < -0.3 is 25.4 Å². The van der Waals surface area contributed by atoms with Crippen LogP contribution in [-0.2, 0) is 16.1 Å².